The number of hydrogen-bond acceptors (Lipinski definition) is 6. The van der Waals surface area contributed by atoms with Crippen molar-refractivity contribution in [3.05, 3.63) is 40.1 Å². The number of carbonyl (C=O) groups excluding carboxylic acids is 2. The van der Waals surface area contributed by atoms with Crippen LogP contribution in [0.2, 0.25) is 0 Å². The molecule has 158 valence electrons. The highest BCUT2D eigenvalue weighted by atomic mass is 32.1. The summed E-state index contributed by atoms with van der Waals surface area (Å²) in [6.07, 6.45) is 0. The minimum atomic E-state index is -0.662. The van der Waals surface area contributed by atoms with E-state index in [0.717, 1.165) is 5.56 Å². The van der Waals surface area contributed by atoms with Crippen LogP contribution in [0.25, 0.3) is 0 Å². The van der Waals surface area contributed by atoms with Crippen LogP contribution < -0.4 is 19.5 Å². The Morgan fingerprint density at radius 1 is 1.10 bits per heavy atom. The van der Waals surface area contributed by atoms with Gasteiger partial charge in [0.25, 0.3) is 5.91 Å². The van der Waals surface area contributed by atoms with Crippen LogP contribution in [0.3, 0.4) is 0 Å². The van der Waals surface area contributed by atoms with Crippen LogP contribution in [-0.4, -0.2) is 51.1 Å². The van der Waals surface area contributed by atoms with Crippen LogP contribution in [-0.2, 0) is 11.3 Å². The van der Waals surface area contributed by atoms with E-state index in [1.165, 1.54) is 21.3 Å². The van der Waals surface area contributed by atoms with E-state index < -0.39 is 6.04 Å². The highest BCUT2D eigenvalue weighted by Gasteiger charge is 2.28. The Balaban J connectivity index is 2.22. The lowest BCUT2D eigenvalue weighted by molar-refractivity contribution is -0.133. The van der Waals surface area contributed by atoms with E-state index >= 15 is 0 Å². The lowest BCUT2D eigenvalue weighted by Gasteiger charge is -2.27. The highest BCUT2D eigenvalue weighted by molar-refractivity contribution is 7.07. The van der Waals surface area contributed by atoms with E-state index in [2.05, 4.69) is 5.32 Å². The van der Waals surface area contributed by atoms with Gasteiger partial charge in [-0.15, -0.1) is 0 Å². The molecule has 2 amide bonds. The first kappa shape index (κ1) is 22.5. The topological polar surface area (TPSA) is 77.1 Å². The van der Waals surface area contributed by atoms with Gasteiger partial charge < -0.3 is 24.4 Å². The molecule has 1 N–H and O–H groups in total. The fraction of sp³-hybridized carbons (Fsp3) is 0.429. The molecular weight excluding hydrogens is 392 g/mol. The Kier molecular flexibility index (Phi) is 7.90. The molecule has 0 aliphatic rings. The Labute approximate surface area is 175 Å². The Morgan fingerprint density at radius 3 is 2.17 bits per heavy atom. The molecule has 0 aliphatic heterocycles. The smallest absolute Gasteiger partial charge is 0.252 e. The molecule has 1 heterocycles. The molecular formula is C21H28N2O5S. The predicted octanol–water partition coefficient (Wildman–Crippen LogP) is 3.19. The first-order valence-electron chi connectivity index (χ1n) is 9.19. The number of amides is 2. The van der Waals surface area contributed by atoms with Gasteiger partial charge in [-0.2, -0.15) is 11.3 Å². The second-order valence-electron chi connectivity index (χ2n) is 6.94. The third-order valence-corrected chi connectivity index (χ3v) is 5.25. The molecule has 2 aromatic rings. The van der Waals surface area contributed by atoms with Crippen molar-refractivity contribution in [2.24, 2.45) is 5.92 Å². The zero-order valence-electron chi connectivity index (χ0n) is 17.6. The summed E-state index contributed by atoms with van der Waals surface area (Å²) in [5, 5.41) is 6.83. The number of ether oxygens (including phenoxy) is 3. The number of likely N-dealkylation sites (N-methyl/N-ethyl adjacent to an activating group) is 1. The van der Waals surface area contributed by atoms with Crippen LogP contribution in [0.5, 0.6) is 17.2 Å². The second-order valence-corrected chi connectivity index (χ2v) is 7.72. The van der Waals surface area contributed by atoms with Gasteiger partial charge in [0.15, 0.2) is 11.5 Å². The summed E-state index contributed by atoms with van der Waals surface area (Å²) < 4.78 is 15.9. The minimum Gasteiger partial charge on any atom is -0.493 e. The van der Waals surface area contributed by atoms with Gasteiger partial charge in [0.2, 0.25) is 11.7 Å². The highest BCUT2D eigenvalue weighted by Crippen LogP contribution is 2.38. The average molecular weight is 421 g/mol. The van der Waals surface area contributed by atoms with Gasteiger partial charge in [-0.3, -0.25) is 9.59 Å². The van der Waals surface area contributed by atoms with Crippen LogP contribution in [0.1, 0.15) is 29.8 Å². The van der Waals surface area contributed by atoms with Gasteiger partial charge in [0, 0.05) is 19.2 Å². The number of hydrogen-bond donors (Lipinski definition) is 1. The summed E-state index contributed by atoms with van der Waals surface area (Å²) in [6.45, 7) is 4.29. The van der Waals surface area contributed by atoms with E-state index in [-0.39, 0.29) is 17.7 Å². The lowest BCUT2D eigenvalue weighted by atomic mass is 10.0. The maximum atomic E-state index is 13.0. The van der Waals surface area contributed by atoms with E-state index in [4.69, 9.17) is 14.2 Å². The van der Waals surface area contributed by atoms with Gasteiger partial charge >= 0.3 is 0 Å². The standard InChI is InChI=1S/C21H28N2O5S/c1-13(2)18(21(25)23(3)11-14-7-8-29-12-14)22-20(24)15-9-16(26-4)19(28-6)17(10-15)27-5/h7-10,12-13,18H,11H2,1-6H3,(H,22,24)/t18-/m0/s1. The van der Waals surface area contributed by atoms with E-state index in [0.29, 0.717) is 29.4 Å². The molecule has 0 fully saturated rings. The normalized spacial score (nSPS) is 11.7. The molecule has 8 heteroatoms. The second kappa shape index (κ2) is 10.2. The van der Waals surface area contributed by atoms with Crippen molar-refractivity contribution in [3.63, 3.8) is 0 Å². The summed E-state index contributed by atoms with van der Waals surface area (Å²) in [7, 11) is 6.20. The Morgan fingerprint density at radius 2 is 1.72 bits per heavy atom. The van der Waals surface area contributed by atoms with Crippen LogP contribution in [0.4, 0.5) is 0 Å². The molecule has 7 nitrogen and oxygen atoms in total. The number of rotatable bonds is 9. The molecule has 1 atom stereocenters. The van der Waals surface area contributed by atoms with Crippen LogP contribution in [0, 0.1) is 5.92 Å². The van der Waals surface area contributed by atoms with Gasteiger partial charge in [-0.05, 0) is 40.4 Å². The number of nitrogens with one attached hydrogen (secondary N) is 1. The first-order valence-corrected chi connectivity index (χ1v) is 10.1. The monoisotopic (exact) mass is 420 g/mol. The largest absolute Gasteiger partial charge is 0.493 e. The van der Waals surface area contributed by atoms with Crippen molar-refractivity contribution < 1.29 is 23.8 Å². The molecule has 0 saturated carbocycles. The SMILES string of the molecule is COc1cc(C(=O)N[C@H](C(=O)N(C)Cc2ccsc2)C(C)C)cc(OC)c1OC. The third kappa shape index (κ3) is 5.41. The zero-order chi connectivity index (χ0) is 21.6. The van der Waals surface area contributed by atoms with E-state index in [9.17, 15) is 9.59 Å². The number of benzene rings is 1. The molecule has 0 saturated heterocycles. The molecule has 29 heavy (non-hydrogen) atoms. The van der Waals surface area contributed by atoms with Crippen LogP contribution in [0.15, 0.2) is 29.0 Å². The molecule has 0 spiro atoms. The molecule has 1 aromatic carbocycles. The first-order chi connectivity index (χ1) is 13.8. The molecule has 1 aromatic heterocycles. The number of carbonyl (C=O) groups is 2. The fourth-order valence-electron chi connectivity index (χ4n) is 2.92. The Bertz CT molecular complexity index is 811. The molecule has 0 unspecified atom stereocenters. The van der Waals surface area contributed by atoms with E-state index in [1.54, 1.807) is 35.4 Å². The van der Waals surface area contributed by atoms with Gasteiger partial charge in [0.1, 0.15) is 6.04 Å². The summed E-state index contributed by atoms with van der Waals surface area (Å²) in [4.78, 5) is 27.5. The van der Waals surface area contributed by atoms with Gasteiger partial charge in [-0.25, -0.2) is 0 Å². The molecule has 0 bridgehead atoms. The van der Waals surface area contributed by atoms with Gasteiger partial charge in [0.05, 0.1) is 21.3 Å². The third-order valence-electron chi connectivity index (χ3n) is 4.52. The number of nitrogens with zero attached hydrogens (tertiary/aromatic N) is 1. The maximum absolute atomic E-state index is 13.0. The summed E-state index contributed by atoms with van der Waals surface area (Å²) in [6, 6.07) is 4.44. The quantitative estimate of drug-likeness (QED) is 0.674. The summed E-state index contributed by atoms with van der Waals surface area (Å²) in [5.41, 5.74) is 1.38. The number of thiophene rings is 1. The van der Waals surface area contributed by atoms with Crippen molar-refractivity contribution in [2.75, 3.05) is 28.4 Å². The van der Waals surface area contributed by atoms with Crippen molar-refractivity contribution in [3.8, 4) is 17.2 Å². The molecule has 0 radical (unpaired) electrons. The predicted molar refractivity (Wildman–Crippen MR) is 113 cm³/mol. The average Bonchev–Trinajstić information content (AvgIpc) is 3.22. The molecule has 0 aliphatic carbocycles. The maximum Gasteiger partial charge on any atom is 0.252 e. The molecule has 2 rings (SSSR count). The Hall–Kier alpha value is -2.74. The van der Waals surface area contributed by atoms with Gasteiger partial charge in [-0.1, -0.05) is 13.8 Å². The fourth-order valence-corrected chi connectivity index (χ4v) is 3.58. The zero-order valence-corrected chi connectivity index (χ0v) is 18.5. The van der Waals surface area contributed by atoms with Crippen molar-refractivity contribution >= 4 is 23.2 Å². The van der Waals surface area contributed by atoms with Crippen molar-refractivity contribution in [1.82, 2.24) is 10.2 Å². The minimum absolute atomic E-state index is 0.0848. The van der Waals surface area contributed by atoms with E-state index in [1.807, 2.05) is 30.7 Å². The van der Waals surface area contributed by atoms with Crippen molar-refractivity contribution in [2.45, 2.75) is 26.4 Å². The number of methoxy groups -OCH3 is 3. The lowest BCUT2D eigenvalue weighted by Crippen LogP contribution is -2.50. The van der Waals surface area contributed by atoms with Crippen molar-refractivity contribution in [1.29, 1.82) is 0 Å². The summed E-state index contributed by atoms with van der Waals surface area (Å²) in [5.74, 6) is 0.530. The summed E-state index contributed by atoms with van der Waals surface area (Å²) >= 11 is 1.58. The van der Waals surface area contributed by atoms with Crippen LogP contribution >= 0.6 is 11.3 Å².